The van der Waals surface area contributed by atoms with Gasteiger partial charge < -0.3 is 11.5 Å². The van der Waals surface area contributed by atoms with Crippen LogP contribution in [0.25, 0.3) is 0 Å². The van der Waals surface area contributed by atoms with Gasteiger partial charge in [-0.25, -0.2) is 0 Å². The molecule has 0 radical (unpaired) electrons. The van der Waals surface area contributed by atoms with Crippen molar-refractivity contribution < 1.29 is 0 Å². The molecule has 4 N–H and O–H groups in total. The van der Waals surface area contributed by atoms with Gasteiger partial charge in [0.25, 0.3) is 0 Å². The summed E-state index contributed by atoms with van der Waals surface area (Å²) in [7, 11) is 0. The Kier molecular flexibility index (Phi) is 11.6. The van der Waals surface area contributed by atoms with Crippen molar-refractivity contribution in [2.75, 3.05) is 19.6 Å². The Hall–Kier alpha value is -0.0400. The Morgan fingerprint density at radius 1 is 1.19 bits per heavy atom. The summed E-state index contributed by atoms with van der Waals surface area (Å²) in [6, 6.07) is 0.460. The summed E-state index contributed by atoms with van der Waals surface area (Å²) < 4.78 is 0. The lowest BCUT2D eigenvalue weighted by molar-refractivity contribution is 0.196. The highest BCUT2D eigenvalue weighted by atomic mass is 127. The molecule has 0 bridgehead atoms. The van der Waals surface area contributed by atoms with Crippen LogP contribution in [0.2, 0.25) is 0 Å². The van der Waals surface area contributed by atoms with E-state index in [1.807, 2.05) is 0 Å². The molecule has 0 saturated heterocycles. The fourth-order valence-corrected chi connectivity index (χ4v) is 1.83. The van der Waals surface area contributed by atoms with Crippen LogP contribution in [-0.2, 0) is 0 Å². The monoisotopic (exact) mass is 342 g/mol. The number of nitrogens with zero attached hydrogens (tertiary/aromatic N) is 2. The average molecular weight is 342 g/mol. The minimum absolute atomic E-state index is 0. The summed E-state index contributed by atoms with van der Waals surface area (Å²) in [4.78, 5) is 6.53. The number of aliphatic imine (C=N–C) groups is 1. The van der Waals surface area contributed by atoms with Gasteiger partial charge in [-0.1, -0.05) is 27.7 Å². The molecule has 4 nitrogen and oxygen atoms in total. The van der Waals surface area contributed by atoms with E-state index < -0.39 is 0 Å². The van der Waals surface area contributed by atoms with Crippen LogP contribution in [0, 0.1) is 5.92 Å². The molecule has 0 aromatic heterocycles. The van der Waals surface area contributed by atoms with Crippen LogP contribution < -0.4 is 11.5 Å². The second-order valence-electron chi connectivity index (χ2n) is 4.27. The Bertz CT molecular complexity index is 186. The smallest absolute Gasteiger partial charge is 0.185 e. The molecule has 0 aromatic rings. The summed E-state index contributed by atoms with van der Waals surface area (Å²) in [5, 5.41) is 0. The quantitative estimate of drug-likeness (QED) is 0.420. The van der Waals surface area contributed by atoms with E-state index in [0.29, 0.717) is 18.5 Å². The van der Waals surface area contributed by atoms with Crippen LogP contribution in [0.4, 0.5) is 0 Å². The van der Waals surface area contributed by atoms with Gasteiger partial charge in [0.1, 0.15) is 0 Å². The molecule has 0 saturated carbocycles. The van der Waals surface area contributed by atoms with Crippen LogP contribution in [0.1, 0.15) is 34.1 Å². The third-order valence-electron chi connectivity index (χ3n) is 2.56. The van der Waals surface area contributed by atoms with Crippen LogP contribution in [-0.4, -0.2) is 36.5 Å². The molecule has 98 valence electrons. The largest absolute Gasteiger partial charge is 0.370 e. The first kappa shape index (κ1) is 18.3. The summed E-state index contributed by atoms with van der Waals surface area (Å²) in [5.41, 5.74) is 10.7. The highest BCUT2D eigenvalue weighted by Gasteiger charge is 2.16. The normalized spacial score (nSPS) is 12.4. The molecule has 0 rings (SSSR count). The lowest BCUT2D eigenvalue weighted by Gasteiger charge is -2.29. The fraction of sp³-hybridized carbons (Fsp3) is 0.909. The Morgan fingerprint density at radius 3 is 2.00 bits per heavy atom. The molecule has 16 heavy (non-hydrogen) atoms. The van der Waals surface area contributed by atoms with Gasteiger partial charge in [0.05, 0.1) is 6.54 Å². The predicted molar refractivity (Wildman–Crippen MR) is 82.3 cm³/mol. The van der Waals surface area contributed by atoms with Gasteiger partial charge in [-0.05, 0) is 25.4 Å². The summed E-state index contributed by atoms with van der Waals surface area (Å²) in [6.45, 7) is 11.6. The number of likely N-dealkylation sites (N-methyl/N-ethyl adjacent to an activating group) is 1. The van der Waals surface area contributed by atoms with E-state index in [1.54, 1.807) is 0 Å². The van der Waals surface area contributed by atoms with E-state index in [9.17, 15) is 0 Å². The van der Waals surface area contributed by atoms with Crippen molar-refractivity contribution in [2.45, 2.75) is 40.2 Å². The summed E-state index contributed by atoms with van der Waals surface area (Å²) in [6.07, 6.45) is 1.14. The van der Waals surface area contributed by atoms with Gasteiger partial charge in [0, 0.05) is 6.04 Å². The van der Waals surface area contributed by atoms with Crippen molar-refractivity contribution in [3.63, 3.8) is 0 Å². The van der Waals surface area contributed by atoms with E-state index >= 15 is 0 Å². The topological polar surface area (TPSA) is 67.6 Å². The van der Waals surface area contributed by atoms with Crippen molar-refractivity contribution in [3.8, 4) is 0 Å². The van der Waals surface area contributed by atoms with Crippen LogP contribution in [0.5, 0.6) is 0 Å². The maximum atomic E-state index is 5.36. The second-order valence-corrected chi connectivity index (χ2v) is 4.27. The van der Waals surface area contributed by atoms with Crippen LogP contribution >= 0.6 is 24.0 Å². The van der Waals surface area contributed by atoms with Gasteiger partial charge in [-0.3, -0.25) is 9.89 Å². The molecule has 0 aliphatic carbocycles. The van der Waals surface area contributed by atoms with Crippen LogP contribution in [0.15, 0.2) is 4.99 Å². The first-order chi connectivity index (χ1) is 7.01. The minimum Gasteiger partial charge on any atom is -0.370 e. The Labute approximate surface area is 117 Å². The van der Waals surface area contributed by atoms with E-state index in [-0.39, 0.29) is 29.9 Å². The van der Waals surface area contributed by atoms with Gasteiger partial charge in [-0.2, -0.15) is 0 Å². The Balaban J connectivity index is 0. The highest BCUT2D eigenvalue weighted by molar-refractivity contribution is 14.0. The molecule has 0 spiro atoms. The highest BCUT2D eigenvalue weighted by Crippen LogP contribution is 2.11. The molecule has 0 fully saturated rings. The van der Waals surface area contributed by atoms with Crippen LogP contribution in [0.3, 0.4) is 0 Å². The molecular weight excluding hydrogens is 315 g/mol. The zero-order chi connectivity index (χ0) is 11.8. The average Bonchev–Trinajstić information content (AvgIpc) is 2.14. The number of nitrogens with two attached hydrogens (primary N) is 2. The molecule has 5 heteroatoms. The van der Waals surface area contributed by atoms with Crippen molar-refractivity contribution in [3.05, 3.63) is 0 Å². The van der Waals surface area contributed by atoms with Crippen molar-refractivity contribution in [1.82, 2.24) is 4.90 Å². The Morgan fingerprint density at radius 2 is 1.69 bits per heavy atom. The number of hydrogen-bond acceptors (Lipinski definition) is 2. The SMILES string of the molecule is CCN(CC)C(CN=C(N)N)CC(C)C.I. The molecule has 0 amide bonds. The molecule has 0 aliphatic rings. The molecule has 1 unspecified atom stereocenters. The third-order valence-corrected chi connectivity index (χ3v) is 2.56. The summed E-state index contributed by atoms with van der Waals surface area (Å²) >= 11 is 0. The molecule has 1 atom stereocenters. The number of guanidine groups is 1. The van der Waals surface area contributed by atoms with Crippen molar-refractivity contribution >= 4 is 29.9 Å². The third kappa shape index (κ3) is 8.15. The fourth-order valence-electron chi connectivity index (χ4n) is 1.83. The first-order valence-electron chi connectivity index (χ1n) is 5.80. The first-order valence-corrected chi connectivity index (χ1v) is 5.80. The zero-order valence-corrected chi connectivity index (χ0v) is 13.3. The number of halogens is 1. The number of rotatable bonds is 7. The molecule has 0 heterocycles. The van der Waals surface area contributed by atoms with Gasteiger partial charge in [0.15, 0.2) is 5.96 Å². The number of hydrogen-bond donors (Lipinski definition) is 2. The molecule has 0 aliphatic heterocycles. The van der Waals surface area contributed by atoms with Gasteiger partial charge in [-0.15, -0.1) is 24.0 Å². The van der Waals surface area contributed by atoms with Gasteiger partial charge >= 0.3 is 0 Å². The second kappa shape index (κ2) is 10.1. The lowest BCUT2D eigenvalue weighted by atomic mass is 10.0. The van der Waals surface area contributed by atoms with Gasteiger partial charge in [0.2, 0.25) is 0 Å². The standard InChI is InChI=1S/C11H26N4.HI/c1-5-15(6-2)10(7-9(3)4)8-14-11(12)13;/h9-10H,5-8H2,1-4H3,(H4,12,13,14);1H. The maximum absolute atomic E-state index is 5.36. The van der Waals surface area contributed by atoms with Crippen molar-refractivity contribution in [1.29, 1.82) is 0 Å². The predicted octanol–water partition coefficient (Wildman–Crippen LogP) is 1.63. The molecule has 0 aromatic carbocycles. The lowest BCUT2D eigenvalue weighted by Crippen LogP contribution is -2.39. The minimum atomic E-state index is 0. The summed E-state index contributed by atoms with van der Waals surface area (Å²) in [5.74, 6) is 0.862. The van der Waals surface area contributed by atoms with E-state index in [4.69, 9.17) is 11.5 Å². The zero-order valence-electron chi connectivity index (χ0n) is 10.9. The van der Waals surface area contributed by atoms with Crippen molar-refractivity contribution in [2.24, 2.45) is 22.4 Å². The van der Waals surface area contributed by atoms with E-state index in [2.05, 4.69) is 37.6 Å². The maximum Gasteiger partial charge on any atom is 0.185 e. The van der Waals surface area contributed by atoms with E-state index in [0.717, 1.165) is 19.5 Å². The molecular formula is C11H27IN4. The van der Waals surface area contributed by atoms with E-state index in [1.165, 1.54) is 0 Å².